The van der Waals surface area contributed by atoms with Crippen LogP contribution >= 0.6 is 12.4 Å². The number of carbonyl (C=O) groups is 2. The summed E-state index contributed by atoms with van der Waals surface area (Å²) < 4.78 is 0. The smallest absolute Gasteiger partial charge is 0.240 e. The highest BCUT2D eigenvalue weighted by atomic mass is 35.5. The molecule has 1 saturated heterocycles. The highest BCUT2D eigenvalue weighted by Crippen LogP contribution is 2.18. The van der Waals surface area contributed by atoms with Crippen LogP contribution in [-0.4, -0.2) is 48.9 Å². The molecular formula is C15H30ClN3O2. The number of likely N-dealkylation sites (N-methyl/N-ethyl adjacent to an activating group) is 1. The molecule has 0 saturated carbocycles. The van der Waals surface area contributed by atoms with Crippen LogP contribution in [0.25, 0.3) is 0 Å². The molecule has 0 unspecified atom stereocenters. The van der Waals surface area contributed by atoms with Crippen molar-refractivity contribution in [2.24, 2.45) is 5.92 Å². The van der Waals surface area contributed by atoms with E-state index >= 15 is 0 Å². The molecular weight excluding hydrogens is 290 g/mol. The Bertz CT molecular complexity index is 336. The quantitative estimate of drug-likeness (QED) is 0.808. The van der Waals surface area contributed by atoms with Crippen LogP contribution < -0.4 is 10.6 Å². The summed E-state index contributed by atoms with van der Waals surface area (Å²) >= 11 is 0. The maximum atomic E-state index is 12.0. The molecule has 0 aromatic carbocycles. The molecule has 1 fully saturated rings. The molecule has 124 valence electrons. The van der Waals surface area contributed by atoms with Crippen molar-refractivity contribution in [3.05, 3.63) is 0 Å². The van der Waals surface area contributed by atoms with Gasteiger partial charge < -0.3 is 15.5 Å². The lowest BCUT2D eigenvalue weighted by Crippen LogP contribution is -2.46. The Morgan fingerprint density at radius 1 is 1.24 bits per heavy atom. The standard InChI is InChI=1S/C15H29N3O2.ClH/c1-15(2,3)17-13(19)11-18(4)14(20)6-5-12-7-9-16-10-8-12;/h12,16H,5-11H2,1-4H3,(H,17,19);1H. The lowest BCUT2D eigenvalue weighted by molar-refractivity contribution is -0.135. The zero-order chi connectivity index (χ0) is 15.2. The molecule has 0 aliphatic carbocycles. The van der Waals surface area contributed by atoms with Gasteiger partial charge in [-0.05, 0) is 59.0 Å². The number of nitrogens with one attached hydrogen (secondary N) is 2. The van der Waals surface area contributed by atoms with Crippen molar-refractivity contribution in [3.63, 3.8) is 0 Å². The van der Waals surface area contributed by atoms with Crippen molar-refractivity contribution in [1.82, 2.24) is 15.5 Å². The highest BCUT2D eigenvalue weighted by molar-refractivity contribution is 5.85. The second-order valence-electron chi connectivity index (χ2n) is 6.78. The Morgan fingerprint density at radius 2 is 1.81 bits per heavy atom. The van der Waals surface area contributed by atoms with Crippen molar-refractivity contribution in [2.75, 3.05) is 26.7 Å². The number of rotatable bonds is 5. The minimum absolute atomic E-state index is 0. The van der Waals surface area contributed by atoms with Crippen LogP contribution in [0.15, 0.2) is 0 Å². The zero-order valence-electron chi connectivity index (χ0n) is 13.7. The van der Waals surface area contributed by atoms with Gasteiger partial charge in [-0.25, -0.2) is 0 Å². The number of hydrogen-bond donors (Lipinski definition) is 2. The summed E-state index contributed by atoms with van der Waals surface area (Å²) in [4.78, 5) is 25.3. The molecule has 6 heteroatoms. The predicted octanol–water partition coefficient (Wildman–Crippen LogP) is 1.56. The average Bonchev–Trinajstić information content (AvgIpc) is 2.34. The van der Waals surface area contributed by atoms with Crippen LogP contribution in [-0.2, 0) is 9.59 Å². The normalized spacial score (nSPS) is 16.0. The first kappa shape index (κ1) is 20.2. The van der Waals surface area contributed by atoms with Gasteiger partial charge in [-0.3, -0.25) is 9.59 Å². The van der Waals surface area contributed by atoms with Crippen molar-refractivity contribution >= 4 is 24.2 Å². The third-order valence-corrected chi connectivity index (χ3v) is 3.55. The second kappa shape index (κ2) is 9.26. The average molecular weight is 320 g/mol. The zero-order valence-corrected chi connectivity index (χ0v) is 14.5. The monoisotopic (exact) mass is 319 g/mol. The van der Waals surface area contributed by atoms with Gasteiger partial charge >= 0.3 is 0 Å². The van der Waals surface area contributed by atoms with Crippen molar-refractivity contribution < 1.29 is 9.59 Å². The lowest BCUT2D eigenvalue weighted by Gasteiger charge is -2.25. The van der Waals surface area contributed by atoms with E-state index in [1.807, 2.05) is 20.8 Å². The third-order valence-electron chi connectivity index (χ3n) is 3.55. The van der Waals surface area contributed by atoms with Crippen LogP contribution in [0.5, 0.6) is 0 Å². The molecule has 2 amide bonds. The van der Waals surface area contributed by atoms with Gasteiger partial charge in [-0.2, -0.15) is 0 Å². The predicted molar refractivity (Wildman–Crippen MR) is 87.6 cm³/mol. The fourth-order valence-corrected chi connectivity index (χ4v) is 2.45. The first-order valence-electron chi connectivity index (χ1n) is 7.53. The summed E-state index contributed by atoms with van der Waals surface area (Å²) in [6.45, 7) is 8.06. The van der Waals surface area contributed by atoms with Gasteiger partial charge in [0.25, 0.3) is 0 Å². The van der Waals surface area contributed by atoms with Crippen LogP contribution in [0.2, 0.25) is 0 Å². The maximum Gasteiger partial charge on any atom is 0.240 e. The van der Waals surface area contributed by atoms with Crippen LogP contribution in [0.4, 0.5) is 0 Å². The summed E-state index contributed by atoms with van der Waals surface area (Å²) in [5.74, 6) is 0.611. The Kier molecular flexibility index (Phi) is 8.90. The van der Waals surface area contributed by atoms with Gasteiger partial charge in [0, 0.05) is 19.0 Å². The van der Waals surface area contributed by atoms with E-state index in [1.165, 1.54) is 4.90 Å². The molecule has 5 nitrogen and oxygen atoms in total. The van der Waals surface area contributed by atoms with Gasteiger partial charge in [-0.15, -0.1) is 12.4 Å². The molecule has 0 bridgehead atoms. The van der Waals surface area contributed by atoms with Crippen molar-refractivity contribution in [3.8, 4) is 0 Å². The fourth-order valence-electron chi connectivity index (χ4n) is 2.45. The molecule has 21 heavy (non-hydrogen) atoms. The molecule has 2 N–H and O–H groups in total. The topological polar surface area (TPSA) is 61.4 Å². The van der Waals surface area contributed by atoms with E-state index in [2.05, 4.69) is 10.6 Å². The molecule has 1 rings (SSSR count). The minimum atomic E-state index is -0.254. The number of amides is 2. The number of hydrogen-bond acceptors (Lipinski definition) is 3. The minimum Gasteiger partial charge on any atom is -0.350 e. The molecule has 1 aliphatic heterocycles. The van der Waals surface area contributed by atoms with E-state index in [-0.39, 0.29) is 36.3 Å². The van der Waals surface area contributed by atoms with Gasteiger partial charge in [0.05, 0.1) is 6.54 Å². The Hall–Kier alpha value is -0.810. The third kappa shape index (κ3) is 8.94. The number of nitrogens with zero attached hydrogens (tertiary/aromatic N) is 1. The van der Waals surface area contributed by atoms with Gasteiger partial charge in [-0.1, -0.05) is 0 Å². The fraction of sp³-hybridized carbons (Fsp3) is 0.867. The molecule has 0 aromatic rings. The molecule has 0 spiro atoms. The van der Waals surface area contributed by atoms with E-state index < -0.39 is 0 Å². The van der Waals surface area contributed by atoms with Gasteiger partial charge in [0.15, 0.2) is 0 Å². The van der Waals surface area contributed by atoms with Crippen LogP contribution in [0, 0.1) is 5.92 Å². The van der Waals surface area contributed by atoms with E-state index in [9.17, 15) is 9.59 Å². The molecule has 0 atom stereocenters. The Morgan fingerprint density at radius 3 is 2.33 bits per heavy atom. The molecule has 1 aliphatic rings. The van der Waals surface area contributed by atoms with Crippen molar-refractivity contribution in [2.45, 2.75) is 52.0 Å². The lowest BCUT2D eigenvalue weighted by atomic mass is 9.93. The van der Waals surface area contributed by atoms with E-state index in [1.54, 1.807) is 7.05 Å². The number of piperidine rings is 1. The summed E-state index contributed by atoms with van der Waals surface area (Å²) in [6, 6.07) is 0. The molecule has 1 heterocycles. The van der Waals surface area contributed by atoms with Crippen LogP contribution in [0.1, 0.15) is 46.5 Å². The molecule has 0 aromatic heterocycles. The SMILES string of the molecule is CN(CC(=O)NC(C)(C)C)C(=O)CCC1CCNCC1.Cl. The first-order valence-corrected chi connectivity index (χ1v) is 7.53. The summed E-state index contributed by atoms with van der Waals surface area (Å²) in [5.41, 5.74) is -0.254. The maximum absolute atomic E-state index is 12.0. The summed E-state index contributed by atoms with van der Waals surface area (Å²) in [6.07, 6.45) is 3.79. The second-order valence-corrected chi connectivity index (χ2v) is 6.78. The largest absolute Gasteiger partial charge is 0.350 e. The van der Waals surface area contributed by atoms with E-state index in [4.69, 9.17) is 0 Å². The Labute approximate surface area is 134 Å². The van der Waals surface area contributed by atoms with Gasteiger partial charge in [0.1, 0.15) is 0 Å². The summed E-state index contributed by atoms with van der Waals surface area (Å²) in [5, 5.41) is 6.19. The Balaban J connectivity index is 0.00000400. The number of carbonyl (C=O) groups excluding carboxylic acids is 2. The van der Waals surface area contributed by atoms with E-state index in [0.29, 0.717) is 12.3 Å². The van der Waals surface area contributed by atoms with Crippen LogP contribution in [0.3, 0.4) is 0 Å². The van der Waals surface area contributed by atoms with E-state index in [0.717, 1.165) is 32.4 Å². The first-order chi connectivity index (χ1) is 9.28. The highest BCUT2D eigenvalue weighted by Gasteiger charge is 2.19. The summed E-state index contributed by atoms with van der Waals surface area (Å²) in [7, 11) is 1.70. The van der Waals surface area contributed by atoms with Gasteiger partial charge in [0.2, 0.25) is 11.8 Å². The molecule has 0 radical (unpaired) electrons. The number of halogens is 1. The van der Waals surface area contributed by atoms with Crippen molar-refractivity contribution in [1.29, 1.82) is 0 Å².